The highest BCUT2D eigenvalue weighted by Crippen LogP contribution is 2.22. The third kappa shape index (κ3) is 3.65. The van der Waals surface area contributed by atoms with Crippen LogP contribution >= 0.6 is 27.5 Å². The molecule has 0 atom stereocenters. The van der Waals surface area contributed by atoms with Gasteiger partial charge in [0.05, 0.1) is 16.8 Å². The molecule has 0 aliphatic carbocycles. The highest BCUT2D eigenvalue weighted by atomic mass is 79.9. The molecule has 0 aliphatic heterocycles. The molecule has 0 bridgehead atoms. The van der Waals surface area contributed by atoms with Crippen LogP contribution in [-0.4, -0.2) is 17.1 Å². The van der Waals surface area contributed by atoms with Gasteiger partial charge in [0.15, 0.2) is 0 Å². The van der Waals surface area contributed by atoms with E-state index in [0.717, 1.165) is 11.3 Å². The van der Waals surface area contributed by atoms with Crippen molar-refractivity contribution >= 4 is 33.3 Å². The van der Waals surface area contributed by atoms with Gasteiger partial charge in [-0.05, 0) is 33.6 Å². The summed E-state index contributed by atoms with van der Waals surface area (Å²) in [6.45, 7) is 0.385. The third-order valence-corrected chi connectivity index (χ3v) is 3.62. The predicted octanol–water partition coefficient (Wildman–Crippen LogP) is 3.21. The van der Waals surface area contributed by atoms with Crippen LogP contribution < -0.4 is 5.73 Å². The molecule has 1 aromatic heterocycles. The molecule has 0 spiro atoms. The van der Waals surface area contributed by atoms with Gasteiger partial charge < -0.3 is 10.5 Å². The molecule has 0 saturated carbocycles. The maximum atomic E-state index is 5.96. The lowest BCUT2D eigenvalue weighted by Crippen LogP contribution is -2.06. The van der Waals surface area contributed by atoms with Crippen molar-refractivity contribution in [3.8, 4) is 0 Å². The van der Waals surface area contributed by atoms with E-state index >= 15 is 0 Å². The number of hydrogen-bond donors (Lipinski definition) is 1. The molecule has 2 aromatic rings. The van der Waals surface area contributed by atoms with Crippen LogP contribution in [0.1, 0.15) is 17.1 Å². The second-order valence-corrected chi connectivity index (χ2v) is 5.25. The maximum Gasteiger partial charge on any atom is 0.141 e. The van der Waals surface area contributed by atoms with Crippen molar-refractivity contribution in [2.45, 2.75) is 13.0 Å². The Labute approximate surface area is 125 Å². The second-order valence-electron chi connectivity index (χ2n) is 4.03. The molecule has 19 heavy (non-hydrogen) atoms. The number of ether oxygens (including phenoxy) is 1. The van der Waals surface area contributed by atoms with Crippen LogP contribution in [0.3, 0.4) is 0 Å². The Kier molecular flexibility index (Phi) is 4.74. The van der Waals surface area contributed by atoms with Crippen LogP contribution in [0.25, 0.3) is 0 Å². The molecule has 2 rings (SSSR count). The first-order valence-corrected chi connectivity index (χ1v) is 6.81. The Balaban J connectivity index is 2.30. The van der Waals surface area contributed by atoms with Crippen LogP contribution in [0.15, 0.2) is 28.7 Å². The van der Waals surface area contributed by atoms with Crippen molar-refractivity contribution in [2.24, 2.45) is 0 Å². The average molecular weight is 343 g/mol. The molecule has 0 fully saturated rings. The van der Waals surface area contributed by atoms with E-state index in [-0.39, 0.29) is 0 Å². The molecule has 6 heteroatoms. The minimum absolute atomic E-state index is 0.385. The molecule has 1 aromatic carbocycles. The Morgan fingerprint density at radius 2 is 2.16 bits per heavy atom. The summed E-state index contributed by atoms with van der Waals surface area (Å²) >= 11 is 9.32. The SMILES string of the molecule is COCc1nc(Cc2cccc(Cl)c2)nc(N)c1Br. The summed E-state index contributed by atoms with van der Waals surface area (Å²) in [5.74, 6) is 1.06. The van der Waals surface area contributed by atoms with E-state index in [1.165, 1.54) is 0 Å². The number of aromatic nitrogens is 2. The molecule has 0 aliphatic rings. The van der Waals surface area contributed by atoms with Crippen molar-refractivity contribution in [1.82, 2.24) is 9.97 Å². The van der Waals surface area contributed by atoms with Gasteiger partial charge >= 0.3 is 0 Å². The number of rotatable bonds is 4. The monoisotopic (exact) mass is 341 g/mol. The fraction of sp³-hybridized carbons (Fsp3) is 0.231. The number of hydrogen-bond acceptors (Lipinski definition) is 4. The number of nitrogen functional groups attached to an aromatic ring is 1. The number of nitrogens with two attached hydrogens (primary N) is 1. The zero-order chi connectivity index (χ0) is 13.8. The predicted molar refractivity (Wildman–Crippen MR) is 79.1 cm³/mol. The summed E-state index contributed by atoms with van der Waals surface area (Å²) in [7, 11) is 1.61. The normalized spacial score (nSPS) is 10.7. The maximum absolute atomic E-state index is 5.96. The van der Waals surface area contributed by atoms with E-state index in [2.05, 4.69) is 25.9 Å². The van der Waals surface area contributed by atoms with E-state index < -0.39 is 0 Å². The molecule has 0 amide bonds. The number of methoxy groups -OCH3 is 1. The molecule has 0 saturated heterocycles. The fourth-order valence-electron chi connectivity index (χ4n) is 1.71. The summed E-state index contributed by atoms with van der Waals surface area (Å²) < 4.78 is 5.78. The topological polar surface area (TPSA) is 61.0 Å². The Hall–Kier alpha value is -1.17. The van der Waals surface area contributed by atoms with Crippen LogP contribution in [0, 0.1) is 0 Å². The molecule has 0 radical (unpaired) electrons. The Morgan fingerprint density at radius 1 is 1.37 bits per heavy atom. The lowest BCUT2D eigenvalue weighted by Gasteiger charge is -2.08. The van der Waals surface area contributed by atoms with Gasteiger partial charge in [-0.15, -0.1) is 0 Å². The van der Waals surface area contributed by atoms with Crippen molar-refractivity contribution in [3.63, 3.8) is 0 Å². The molecule has 2 N–H and O–H groups in total. The molecule has 100 valence electrons. The highest BCUT2D eigenvalue weighted by molar-refractivity contribution is 9.10. The largest absolute Gasteiger partial charge is 0.383 e. The van der Waals surface area contributed by atoms with Gasteiger partial charge in [0, 0.05) is 18.6 Å². The van der Waals surface area contributed by atoms with Gasteiger partial charge in [0.2, 0.25) is 0 Å². The summed E-state index contributed by atoms with van der Waals surface area (Å²) in [5.41, 5.74) is 7.64. The van der Waals surface area contributed by atoms with E-state index in [0.29, 0.717) is 34.2 Å². The fourth-order valence-corrected chi connectivity index (χ4v) is 2.21. The summed E-state index contributed by atoms with van der Waals surface area (Å²) in [5, 5.41) is 0.694. The van der Waals surface area contributed by atoms with Gasteiger partial charge in [-0.3, -0.25) is 0 Å². The lowest BCUT2D eigenvalue weighted by atomic mass is 10.1. The molecular weight excluding hydrogens is 330 g/mol. The van der Waals surface area contributed by atoms with E-state index in [4.69, 9.17) is 22.1 Å². The van der Waals surface area contributed by atoms with Crippen LogP contribution in [-0.2, 0) is 17.8 Å². The van der Waals surface area contributed by atoms with Crippen LogP contribution in [0.5, 0.6) is 0 Å². The minimum Gasteiger partial charge on any atom is -0.383 e. The second kappa shape index (κ2) is 6.32. The van der Waals surface area contributed by atoms with Crippen LogP contribution in [0.4, 0.5) is 5.82 Å². The zero-order valence-corrected chi connectivity index (χ0v) is 12.7. The van der Waals surface area contributed by atoms with Crippen molar-refractivity contribution in [1.29, 1.82) is 0 Å². The van der Waals surface area contributed by atoms with Crippen molar-refractivity contribution < 1.29 is 4.74 Å². The van der Waals surface area contributed by atoms with E-state index in [1.807, 2.05) is 24.3 Å². The Bertz CT molecular complexity index is 592. The summed E-state index contributed by atoms with van der Waals surface area (Å²) in [6, 6.07) is 7.59. The van der Waals surface area contributed by atoms with Gasteiger partial charge in [-0.2, -0.15) is 0 Å². The van der Waals surface area contributed by atoms with E-state index in [9.17, 15) is 0 Å². The van der Waals surface area contributed by atoms with Crippen molar-refractivity contribution in [3.05, 3.63) is 50.8 Å². The average Bonchev–Trinajstić information content (AvgIpc) is 2.35. The van der Waals surface area contributed by atoms with Gasteiger partial charge in [0.1, 0.15) is 11.6 Å². The number of anilines is 1. The first kappa shape index (κ1) is 14.2. The lowest BCUT2D eigenvalue weighted by molar-refractivity contribution is 0.180. The minimum atomic E-state index is 0.385. The molecule has 4 nitrogen and oxygen atoms in total. The zero-order valence-electron chi connectivity index (χ0n) is 10.4. The smallest absolute Gasteiger partial charge is 0.141 e. The quantitative estimate of drug-likeness (QED) is 0.927. The third-order valence-electron chi connectivity index (χ3n) is 2.52. The van der Waals surface area contributed by atoms with Gasteiger partial charge in [0.25, 0.3) is 0 Å². The van der Waals surface area contributed by atoms with Crippen LogP contribution in [0.2, 0.25) is 5.02 Å². The first-order valence-electron chi connectivity index (χ1n) is 5.64. The molecule has 0 unspecified atom stereocenters. The first-order chi connectivity index (χ1) is 9.10. The number of nitrogens with zero attached hydrogens (tertiary/aromatic N) is 2. The summed E-state index contributed by atoms with van der Waals surface area (Å²) in [4.78, 5) is 8.70. The Morgan fingerprint density at radius 3 is 2.84 bits per heavy atom. The molecular formula is C13H13BrClN3O. The summed E-state index contributed by atoms with van der Waals surface area (Å²) in [6.07, 6.45) is 0.578. The van der Waals surface area contributed by atoms with E-state index in [1.54, 1.807) is 7.11 Å². The highest BCUT2D eigenvalue weighted by Gasteiger charge is 2.10. The number of benzene rings is 1. The standard InChI is InChI=1S/C13H13BrClN3O/c1-19-7-10-12(14)13(16)18-11(17-10)6-8-3-2-4-9(15)5-8/h2-5H,6-7H2,1H3,(H2,16,17,18). The molecule has 1 heterocycles. The van der Waals surface area contributed by atoms with Gasteiger partial charge in [-0.25, -0.2) is 9.97 Å². The van der Waals surface area contributed by atoms with Gasteiger partial charge in [-0.1, -0.05) is 23.7 Å². The van der Waals surface area contributed by atoms with Crippen molar-refractivity contribution in [2.75, 3.05) is 12.8 Å². The number of halogens is 2.